The first kappa shape index (κ1) is 22.1. The molecule has 3 aromatic rings. The largest absolute Gasteiger partial charge is 0.358 e. The Kier molecular flexibility index (Phi) is 6.34. The van der Waals surface area contributed by atoms with Gasteiger partial charge in [0.25, 0.3) is 11.1 Å². The second-order valence-electron chi connectivity index (χ2n) is 7.33. The molecule has 0 saturated carbocycles. The highest BCUT2D eigenvalue weighted by molar-refractivity contribution is 8.18. The number of thioether (sulfide) groups is 1. The summed E-state index contributed by atoms with van der Waals surface area (Å²) in [5, 5.41) is 3.59. The number of rotatable bonds is 6. The molecule has 1 aliphatic rings. The highest BCUT2D eigenvalue weighted by atomic mass is 35.5. The van der Waals surface area contributed by atoms with E-state index in [1.165, 1.54) is 12.1 Å². The third kappa shape index (κ3) is 4.71. The summed E-state index contributed by atoms with van der Waals surface area (Å²) < 4.78 is 13.6. The van der Waals surface area contributed by atoms with Crippen LogP contribution in [0.15, 0.2) is 47.4 Å². The minimum atomic E-state index is -0.396. The van der Waals surface area contributed by atoms with Gasteiger partial charge in [-0.1, -0.05) is 23.7 Å². The number of aryl methyl sites for hydroxylation is 1. The fraction of sp³-hybridized carbons (Fsp3) is 0.174. The van der Waals surface area contributed by atoms with Gasteiger partial charge < -0.3 is 10.3 Å². The van der Waals surface area contributed by atoms with E-state index in [-0.39, 0.29) is 36.5 Å². The lowest BCUT2D eigenvalue weighted by Gasteiger charge is -2.13. The van der Waals surface area contributed by atoms with Gasteiger partial charge in [-0.15, -0.1) is 0 Å². The molecule has 3 amide bonds. The van der Waals surface area contributed by atoms with Gasteiger partial charge in [-0.25, -0.2) is 4.39 Å². The van der Waals surface area contributed by atoms with Gasteiger partial charge in [0.2, 0.25) is 5.91 Å². The predicted molar refractivity (Wildman–Crippen MR) is 124 cm³/mol. The Bertz CT molecular complexity index is 1250. The van der Waals surface area contributed by atoms with Crippen LogP contribution < -0.4 is 5.32 Å². The summed E-state index contributed by atoms with van der Waals surface area (Å²) in [7, 11) is 0. The Morgan fingerprint density at radius 1 is 1.22 bits per heavy atom. The van der Waals surface area contributed by atoms with Gasteiger partial charge in [0.15, 0.2) is 0 Å². The normalized spacial score (nSPS) is 15.2. The van der Waals surface area contributed by atoms with E-state index < -0.39 is 5.91 Å². The monoisotopic (exact) mass is 471 g/mol. The van der Waals surface area contributed by atoms with Crippen LogP contribution in [0, 0.1) is 12.7 Å². The van der Waals surface area contributed by atoms with E-state index in [9.17, 15) is 18.8 Å². The number of aromatic nitrogens is 1. The molecule has 1 aromatic heterocycles. The van der Waals surface area contributed by atoms with Gasteiger partial charge in [-0.2, -0.15) is 0 Å². The van der Waals surface area contributed by atoms with Crippen LogP contribution in [0.2, 0.25) is 5.02 Å². The Balaban J connectivity index is 1.35. The number of nitrogens with zero attached hydrogens (tertiary/aromatic N) is 1. The SMILES string of the molecule is Cc1[nH]c2ccc(F)cc2c1CC(=O)NCCN1C(=O)S/C(=C\c2ccc(Cl)cc2)C1=O. The molecule has 2 heterocycles. The number of amides is 3. The number of hydrogen-bond donors (Lipinski definition) is 2. The molecule has 0 aliphatic carbocycles. The molecular formula is C23H19ClFN3O3S. The quantitative estimate of drug-likeness (QED) is 0.512. The molecule has 0 unspecified atom stereocenters. The number of hydrogen-bond acceptors (Lipinski definition) is 4. The molecule has 6 nitrogen and oxygen atoms in total. The van der Waals surface area contributed by atoms with Crippen molar-refractivity contribution >= 4 is 57.4 Å². The molecule has 0 bridgehead atoms. The van der Waals surface area contributed by atoms with Gasteiger partial charge in [-0.05, 0) is 66.2 Å². The molecule has 1 aliphatic heterocycles. The van der Waals surface area contributed by atoms with Crippen LogP contribution in [0.3, 0.4) is 0 Å². The zero-order valence-corrected chi connectivity index (χ0v) is 18.6. The first-order valence-electron chi connectivity index (χ1n) is 9.86. The van der Waals surface area contributed by atoms with Crippen molar-refractivity contribution in [2.24, 2.45) is 0 Å². The molecule has 9 heteroatoms. The first-order chi connectivity index (χ1) is 15.3. The summed E-state index contributed by atoms with van der Waals surface area (Å²) in [6.45, 7) is 2.02. The van der Waals surface area contributed by atoms with Gasteiger partial charge in [0.05, 0.1) is 11.3 Å². The average Bonchev–Trinajstić information content (AvgIpc) is 3.20. The van der Waals surface area contributed by atoms with E-state index in [0.29, 0.717) is 20.9 Å². The molecule has 1 saturated heterocycles. The van der Waals surface area contributed by atoms with Gasteiger partial charge in [-0.3, -0.25) is 19.3 Å². The first-order valence-corrected chi connectivity index (χ1v) is 11.1. The molecule has 2 N–H and O–H groups in total. The fourth-order valence-electron chi connectivity index (χ4n) is 3.52. The molecule has 1 fully saturated rings. The van der Waals surface area contributed by atoms with Crippen LogP contribution in [0.5, 0.6) is 0 Å². The number of benzene rings is 2. The molecule has 164 valence electrons. The highest BCUT2D eigenvalue weighted by Gasteiger charge is 2.34. The van der Waals surface area contributed by atoms with Crippen LogP contribution in [0.1, 0.15) is 16.8 Å². The number of H-pyrrole nitrogens is 1. The third-order valence-electron chi connectivity index (χ3n) is 5.12. The van der Waals surface area contributed by atoms with E-state index in [1.54, 1.807) is 36.4 Å². The third-order valence-corrected chi connectivity index (χ3v) is 6.28. The second-order valence-corrected chi connectivity index (χ2v) is 8.76. The van der Waals surface area contributed by atoms with Crippen molar-refractivity contribution in [2.75, 3.05) is 13.1 Å². The van der Waals surface area contributed by atoms with E-state index >= 15 is 0 Å². The minimum Gasteiger partial charge on any atom is -0.358 e. The van der Waals surface area contributed by atoms with Crippen molar-refractivity contribution < 1.29 is 18.8 Å². The standard InChI is InChI=1S/C23H19ClFN3O3S/c1-13-17(18-11-16(25)6-7-19(18)27-13)12-21(29)26-8-9-28-22(30)20(32-23(28)31)10-14-2-4-15(24)5-3-14/h2-7,10-11,27H,8-9,12H2,1H3,(H,26,29)/b20-10-. The highest BCUT2D eigenvalue weighted by Crippen LogP contribution is 2.32. The van der Waals surface area contributed by atoms with Crippen molar-refractivity contribution in [3.8, 4) is 0 Å². The summed E-state index contributed by atoms with van der Waals surface area (Å²) in [6, 6.07) is 11.3. The lowest BCUT2D eigenvalue weighted by Crippen LogP contribution is -2.37. The van der Waals surface area contributed by atoms with Gasteiger partial charge >= 0.3 is 0 Å². The molecule has 0 radical (unpaired) electrons. The number of fused-ring (bicyclic) bond motifs is 1. The van der Waals surface area contributed by atoms with Crippen molar-refractivity contribution in [3.05, 3.63) is 75.0 Å². The van der Waals surface area contributed by atoms with Crippen molar-refractivity contribution in [2.45, 2.75) is 13.3 Å². The summed E-state index contributed by atoms with van der Waals surface area (Å²) in [5.74, 6) is -1.04. The van der Waals surface area contributed by atoms with Crippen LogP contribution in [0.4, 0.5) is 9.18 Å². The van der Waals surface area contributed by atoms with Crippen LogP contribution in [-0.2, 0) is 16.0 Å². The predicted octanol–water partition coefficient (Wildman–Crippen LogP) is 4.66. The molecule has 2 aromatic carbocycles. The van der Waals surface area contributed by atoms with Crippen molar-refractivity contribution in [1.29, 1.82) is 0 Å². The fourth-order valence-corrected chi connectivity index (χ4v) is 4.51. The molecule has 4 rings (SSSR count). The van der Waals surface area contributed by atoms with E-state index in [0.717, 1.165) is 33.4 Å². The molecule has 0 atom stereocenters. The number of nitrogens with one attached hydrogen (secondary N) is 2. The maximum Gasteiger partial charge on any atom is 0.293 e. The number of halogens is 2. The summed E-state index contributed by atoms with van der Waals surface area (Å²) in [5.41, 5.74) is 3.03. The van der Waals surface area contributed by atoms with Crippen LogP contribution >= 0.6 is 23.4 Å². The minimum absolute atomic E-state index is 0.0631. The van der Waals surface area contributed by atoms with E-state index in [2.05, 4.69) is 10.3 Å². The molecule has 0 spiro atoms. The van der Waals surface area contributed by atoms with E-state index in [4.69, 9.17) is 11.6 Å². The molecular weight excluding hydrogens is 453 g/mol. The lowest BCUT2D eigenvalue weighted by atomic mass is 10.1. The summed E-state index contributed by atoms with van der Waals surface area (Å²) in [4.78, 5) is 41.8. The average molecular weight is 472 g/mol. The molecule has 32 heavy (non-hydrogen) atoms. The van der Waals surface area contributed by atoms with Crippen LogP contribution in [-0.4, -0.2) is 40.0 Å². The van der Waals surface area contributed by atoms with Crippen molar-refractivity contribution in [1.82, 2.24) is 15.2 Å². The number of carbonyl (C=O) groups excluding carboxylic acids is 3. The zero-order chi connectivity index (χ0) is 22.8. The number of carbonyl (C=O) groups is 3. The smallest absolute Gasteiger partial charge is 0.293 e. The summed E-state index contributed by atoms with van der Waals surface area (Å²) in [6.07, 6.45) is 1.70. The Morgan fingerprint density at radius 2 is 1.97 bits per heavy atom. The maximum atomic E-state index is 13.6. The summed E-state index contributed by atoms with van der Waals surface area (Å²) >= 11 is 6.73. The Morgan fingerprint density at radius 3 is 2.72 bits per heavy atom. The Hall–Kier alpha value is -3.10. The number of aromatic amines is 1. The van der Waals surface area contributed by atoms with Gasteiger partial charge in [0.1, 0.15) is 5.82 Å². The van der Waals surface area contributed by atoms with Gasteiger partial charge in [0, 0.05) is 34.7 Å². The Labute approximate surface area is 192 Å². The topological polar surface area (TPSA) is 82.3 Å². The van der Waals surface area contributed by atoms with E-state index in [1.807, 2.05) is 6.92 Å². The zero-order valence-electron chi connectivity index (χ0n) is 17.1. The van der Waals surface area contributed by atoms with Crippen LogP contribution in [0.25, 0.3) is 17.0 Å². The second kappa shape index (κ2) is 9.18. The maximum absolute atomic E-state index is 13.6. The number of imide groups is 1. The lowest BCUT2D eigenvalue weighted by molar-refractivity contribution is -0.124. The van der Waals surface area contributed by atoms with Crippen molar-refractivity contribution in [3.63, 3.8) is 0 Å².